The zero-order chi connectivity index (χ0) is 11.0. The Morgan fingerprint density at radius 3 is 3.06 bits per heavy atom. The van der Waals surface area contributed by atoms with Crippen molar-refractivity contribution >= 4 is 28.1 Å². The van der Waals surface area contributed by atoms with Gasteiger partial charge >= 0.3 is 0 Å². The van der Waals surface area contributed by atoms with Crippen molar-refractivity contribution in [1.29, 1.82) is 0 Å². The SMILES string of the molecule is Clc1csc(NC2CCNC3(CCC3)C2)n1. The minimum absolute atomic E-state index is 0.441. The van der Waals surface area contributed by atoms with Crippen LogP contribution < -0.4 is 10.6 Å². The Labute approximate surface area is 105 Å². The number of anilines is 1. The Morgan fingerprint density at radius 2 is 2.44 bits per heavy atom. The van der Waals surface area contributed by atoms with Gasteiger partial charge in [-0.2, -0.15) is 0 Å². The van der Waals surface area contributed by atoms with E-state index in [1.165, 1.54) is 32.1 Å². The van der Waals surface area contributed by atoms with E-state index in [2.05, 4.69) is 15.6 Å². The molecular formula is C11H16ClN3S. The summed E-state index contributed by atoms with van der Waals surface area (Å²) < 4.78 is 0. The Hall–Kier alpha value is -0.320. The van der Waals surface area contributed by atoms with Crippen LogP contribution >= 0.6 is 22.9 Å². The van der Waals surface area contributed by atoms with E-state index in [0.717, 1.165) is 11.7 Å². The highest BCUT2D eigenvalue weighted by Crippen LogP contribution is 2.39. The van der Waals surface area contributed by atoms with Crippen LogP contribution in [-0.4, -0.2) is 23.1 Å². The Kier molecular flexibility index (Phi) is 2.81. The molecule has 2 fully saturated rings. The first kappa shape index (κ1) is 10.8. The normalized spacial score (nSPS) is 27.7. The summed E-state index contributed by atoms with van der Waals surface area (Å²) in [5.41, 5.74) is 0.441. The van der Waals surface area contributed by atoms with Crippen molar-refractivity contribution in [1.82, 2.24) is 10.3 Å². The third kappa shape index (κ3) is 2.06. The first-order chi connectivity index (χ1) is 7.76. The highest BCUT2D eigenvalue weighted by Gasteiger charge is 2.40. The van der Waals surface area contributed by atoms with Gasteiger partial charge in [0.2, 0.25) is 0 Å². The van der Waals surface area contributed by atoms with E-state index in [4.69, 9.17) is 11.6 Å². The quantitative estimate of drug-likeness (QED) is 0.856. The molecule has 5 heteroatoms. The second-order valence-electron chi connectivity index (χ2n) is 4.87. The second-order valence-corrected chi connectivity index (χ2v) is 6.12. The maximum Gasteiger partial charge on any atom is 0.184 e. The molecule has 1 aromatic heterocycles. The van der Waals surface area contributed by atoms with Crippen molar-refractivity contribution in [2.24, 2.45) is 0 Å². The number of hydrogen-bond acceptors (Lipinski definition) is 4. The lowest BCUT2D eigenvalue weighted by Gasteiger charge is -2.48. The van der Waals surface area contributed by atoms with Crippen LogP contribution in [-0.2, 0) is 0 Å². The van der Waals surface area contributed by atoms with Crippen LogP contribution in [0.3, 0.4) is 0 Å². The fourth-order valence-corrected chi connectivity index (χ4v) is 3.68. The van der Waals surface area contributed by atoms with Crippen molar-refractivity contribution in [2.45, 2.75) is 43.7 Å². The van der Waals surface area contributed by atoms with Gasteiger partial charge in [-0.05, 0) is 38.6 Å². The molecule has 2 heterocycles. The molecule has 1 atom stereocenters. The van der Waals surface area contributed by atoms with Gasteiger partial charge in [-0.25, -0.2) is 4.98 Å². The summed E-state index contributed by atoms with van der Waals surface area (Å²) in [5, 5.41) is 10.6. The molecule has 2 aliphatic rings. The van der Waals surface area contributed by atoms with E-state index in [9.17, 15) is 0 Å². The predicted molar refractivity (Wildman–Crippen MR) is 68.4 cm³/mol. The molecule has 1 aliphatic carbocycles. The maximum absolute atomic E-state index is 5.82. The fraction of sp³-hybridized carbons (Fsp3) is 0.727. The molecule has 1 unspecified atom stereocenters. The predicted octanol–water partition coefficient (Wildman–Crippen LogP) is 2.88. The van der Waals surface area contributed by atoms with Crippen LogP contribution in [0.4, 0.5) is 5.13 Å². The number of hydrogen-bond donors (Lipinski definition) is 2. The Morgan fingerprint density at radius 1 is 1.56 bits per heavy atom. The van der Waals surface area contributed by atoms with Gasteiger partial charge in [0.15, 0.2) is 5.13 Å². The summed E-state index contributed by atoms with van der Waals surface area (Å²) in [7, 11) is 0. The van der Waals surface area contributed by atoms with Crippen LogP contribution in [0.1, 0.15) is 32.1 Å². The van der Waals surface area contributed by atoms with Crippen molar-refractivity contribution in [3.05, 3.63) is 10.5 Å². The number of thiazole rings is 1. The lowest BCUT2D eigenvalue weighted by atomic mass is 9.70. The highest BCUT2D eigenvalue weighted by molar-refractivity contribution is 7.14. The Bertz CT molecular complexity index is 375. The monoisotopic (exact) mass is 257 g/mol. The van der Waals surface area contributed by atoms with Gasteiger partial charge in [0, 0.05) is 17.0 Å². The van der Waals surface area contributed by atoms with Gasteiger partial charge in [-0.15, -0.1) is 11.3 Å². The van der Waals surface area contributed by atoms with Crippen LogP contribution in [0.25, 0.3) is 0 Å². The molecule has 16 heavy (non-hydrogen) atoms. The topological polar surface area (TPSA) is 37.0 Å². The molecule has 3 rings (SSSR count). The molecule has 2 N–H and O–H groups in total. The fourth-order valence-electron chi connectivity index (χ4n) is 2.76. The number of piperidine rings is 1. The third-order valence-electron chi connectivity index (χ3n) is 3.74. The highest BCUT2D eigenvalue weighted by atomic mass is 35.5. The minimum Gasteiger partial charge on any atom is -0.359 e. The van der Waals surface area contributed by atoms with E-state index in [1.54, 1.807) is 11.3 Å². The molecule has 0 bridgehead atoms. The van der Waals surface area contributed by atoms with Crippen molar-refractivity contribution in [2.75, 3.05) is 11.9 Å². The first-order valence-electron chi connectivity index (χ1n) is 5.88. The maximum atomic E-state index is 5.82. The lowest BCUT2D eigenvalue weighted by molar-refractivity contribution is 0.135. The number of nitrogens with one attached hydrogen (secondary N) is 2. The van der Waals surface area contributed by atoms with Crippen LogP contribution in [0.15, 0.2) is 5.38 Å². The lowest BCUT2D eigenvalue weighted by Crippen LogP contribution is -2.58. The zero-order valence-electron chi connectivity index (χ0n) is 9.13. The average Bonchev–Trinajstić information content (AvgIpc) is 2.62. The smallest absolute Gasteiger partial charge is 0.184 e. The molecule has 1 saturated heterocycles. The van der Waals surface area contributed by atoms with E-state index < -0.39 is 0 Å². The first-order valence-corrected chi connectivity index (χ1v) is 7.14. The summed E-state index contributed by atoms with van der Waals surface area (Å²) in [6.45, 7) is 1.12. The van der Waals surface area contributed by atoms with E-state index >= 15 is 0 Å². The molecule has 1 aromatic rings. The molecule has 3 nitrogen and oxygen atoms in total. The van der Waals surface area contributed by atoms with Gasteiger partial charge < -0.3 is 10.6 Å². The number of halogens is 1. The van der Waals surface area contributed by atoms with Crippen LogP contribution in [0.5, 0.6) is 0 Å². The third-order valence-corrected chi connectivity index (χ3v) is 4.84. The summed E-state index contributed by atoms with van der Waals surface area (Å²) in [6, 6.07) is 0.559. The van der Waals surface area contributed by atoms with Gasteiger partial charge in [0.05, 0.1) is 0 Å². The summed E-state index contributed by atoms with van der Waals surface area (Å²) in [6.07, 6.45) is 6.46. The number of nitrogens with zero attached hydrogens (tertiary/aromatic N) is 1. The van der Waals surface area contributed by atoms with Gasteiger partial charge in [-0.1, -0.05) is 11.6 Å². The summed E-state index contributed by atoms with van der Waals surface area (Å²) in [4.78, 5) is 4.25. The molecule has 0 amide bonds. The van der Waals surface area contributed by atoms with Gasteiger partial charge in [0.25, 0.3) is 0 Å². The Balaban J connectivity index is 1.62. The summed E-state index contributed by atoms with van der Waals surface area (Å²) in [5.74, 6) is 0. The number of aromatic nitrogens is 1. The molecule has 1 saturated carbocycles. The minimum atomic E-state index is 0.441. The van der Waals surface area contributed by atoms with Crippen molar-refractivity contribution in [3.63, 3.8) is 0 Å². The van der Waals surface area contributed by atoms with Crippen LogP contribution in [0, 0.1) is 0 Å². The van der Waals surface area contributed by atoms with E-state index in [1.807, 2.05) is 5.38 Å². The summed E-state index contributed by atoms with van der Waals surface area (Å²) >= 11 is 7.41. The van der Waals surface area contributed by atoms with Gasteiger partial charge in [-0.3, -0.25) is 0 Å². The molecule has 0 aromatic carbocycles. The zero-order valence-corrected chi connectivity index (χ0v) is 10.7. The standard InChI is InChI=1S/C11H16ClN3S/c12-9-7-16-10(15-9)14-8-2-5-13-11(6-8)3-1-4-11/h7-8,13H,1-6H2,(H,14,15). The largest absolute Gasteiger partial charge is 0.359 e. The van der Waals surface area contributed by atoms with Gasteiger partial charge in [0.1, 0.15) is 5.15 Å². The van der Waals surface area contributed by atoms with E-state index in [-0.39, 0.29) is 0 Å². The van der Waals surface area contributed by atoms with Crippen LogP contribution in [0.2, 0.25) is 5.15 Å². The average molecular weight is 258 g/mol. The van der Waals surface area contributed by atoms with Crippen molar-refractivity contribution in [3.8, 4) is 0 Å². The molecule has 88 valence electrons. The molecule has 1 spiro atoms. The second kappa shape index (κ2) is 4.17. The van der Waals surface area contributed by atoms with E-state index in [0.29, 0.717) is 16.7 Å². The van der Waals surface area contributed by atoms with Crippen molar-refractivity contribution < 1.29 is 0 Å². The molecule has 0 radical (unpaired) electrons. The molecule has 1 aliphatic heterocycles. The molecular weight excluding hydrogens is 242 g/mol. The number of rotatable bonds is 2.